The Morgan fingerprint density at radius 1 is 1.41 bits per heavy atom. The smallest absolute Gasteiger partial charge is 0.305 e. The first-order valence-electron chi connectivity index (χ1n) is 4.70. The van der Waals surface area contributed by atoms with Crippen LogP contribution in [0.15, 0.2) is 18.2 Å². The molecule has 0 saturated heterocycles. The van der Waals surface area contributed by atoms with Crippen LogP contribution in [-0.4, -0.2) is 22.7 Å². The summed E-state index contributed by atoms with van der Waals surface area (Å²) in [7, 11) is 0. The van der Waals surface area contributed by atoms with Crippen LogP contribution in [0.2, 0.25) is 10.0 Å². The number of carbonyl (C=O) groups is 1. The van der Waals surface area contributed by atoms with Crippen LogP contribution in [0.5, 0.6) is 0 Å². The maximum Gasteiger partial charge on any atom is 0.305 e. The average molecular weight is 293 g/mol. The van der Waals surface area contributed by atoms with Gasteiger partial charge in [-0.1, -0.05) is 23.2 Å². The van der Waals surface area contributed by atoms with Crippen LogP contribution >= 0.6 is 35.4 Å². The third kappa shape index (κ3) is 5.21. The van der Waals surface area contributed by atoms with E-state index < -0.39 is 5.97 Å². The first-order chi connectivity index (χ1) is 7.99. The van der Waals surface area contributed by atoms with Crippen molar-refractivity contribution in [2.45, 2.75) is 6.42 Å². The monoisotopic (exact) mass is 292 g/mol. The molecule has 4 nitrogen and oxygen atoms in total. The molecular weight excluding hydrogens is 283 g/mol. The van der Waals surface area contributed by atoms with Crippen molar-refractivity contribution in [3.63, 3.8) is 0 Å². The molecule has 0 aromatic heterocycles. The zero-order chi connectivity index (χ0) is 12.8. The van der Waals surface area contributed by atoms with Crippen LogP contribution < -0.4 is 10.6 Å². The van der Waals surface area contributed by atoms with Gasteiger partial charge >= 0.3 is 5.97 Å². The number of benzene rings is 1. The van der Waals surface area contributed by atoms with Crippen LogP contribution in [0.4, 0.5) is 5.69 Å². The van der Waals surface area contributed by atoms with Gasteiger partial charge < -0.3 is 15.7 Å². The SMILES string of the molecule is O=C(O)CCNC(=S)Nc1cc(Cl)ccc1Cl. The summed E-state index contributed by atoms with van der Waals surface area (Å²) in [4.78, 5) is 10.3. The Labute approximate surface area is 114 Å². The second-order valence-electron chi connectivity index (χ2n) is 3.15. The maximum atomic E-state index is 10.3. The summed E-state index contributed by atoms with van der Waals surface area (Å²) in [5.74, 6) is -0.888. The predicted octanol–water partition coefficient (Wildman–Crippen LogP) is 2.75. The first-order valence-corrected chi connectivity index (χ1v) is 5.87. The Hall–Kier alpha value is -1.04. The van der Waals surface area contributed by atoms with E-state index in [0.29, 0.717) is 20.8 Å². The molecule has 0 heterocycles. The molecule has 0 bridgehead atoms. The number of aliphatic carboxylic acids is 1. The van der Waals surface area contributed by atoms with Gasteiger partial charge in [0.15, 0.2) is 5.11 Å². The Balaban J connectivity index is 2.50. The van der Waals surface area contributed by atoms with Crippen LogP contribution in [0.1, 0.15) is 6.42 Å². The molecule has 0 aliphatic rings. The minimum atomic E-state index is -0.888. The number of hydrogen-bond acceptors (Lipinski definition) is 2. The van der Waals surface area contributed by atoms with Crippen molar-refractivity contribution >= 4 is 52.2 Å². The highest BCUT2D eigenvalue weighted by molar-refractivity contribution is 7.80. The summed E-state index contributed by atoms with van der Waals surface area (Å²) in [6, 6.07) is 4.94. The van der Waals surface area contributed by atoms with E-state index in [9.17, 15) is 4.79 Å². The van der Waals surface area contributed by atoms with Crippen LogP contribution in [0.25, 0.3) is 0 Å². The van der Waals surface area contributed by atoms with E-state index in [1.54, 1.807) is 18.2 Å². The van der Waals surface area contributed by atoms with E-state index in [-0.39, 0.29) is 13.0 Å². The fourth-order valence-corrected chi connectivity index (χ4v) is 1.59. The number of nitrogens with one attached hydrogen (secondary N) is 2. The van der Waals surface area contributed by atoms with E-state index in [0.717, 1.165) is 0 Å². The van der Waals surface area contributed by atoms with E-state index in [1.165, 1.54) is 0 Å². The van der Waals surface area contributed by atoms with Gasteiger partial charge in [-0.15, -0.1) is 0 Å². The molecule has 0 unspecified atom stereocenters. The fourth-order valence-electron chi connectivity index (χ4n) is 1.04. The Morgan fingerprint density at radius 2 is 2.12 bits per heavy atom. The number of hydrogen-bond donors (Lipinski definition) is 3. The summed E-state index contributed by atoms with van der Waals surface area (Å²) in [5, 5.41) is 15.4. The van der Waals surface area contributed by atoms with Gasteiger partial charge in [-0.25, -0.2) is 0 Å². The predicted molar refractivity (Wildman–Crippen MR) is 72.9 cm³/mol. The molecule has 0 spiro atoms. The minimum Gasteiger partial charge on any atom is -0.481 e. The minimum absolute atomic E-state index is 0.00883. The van der Waals surface area contributed by atoms with Gasteiger partial charge in [0.2, 0.25) is 0 Å². The van der Waals surface area contributed by atoms with Crippen LogP contribution in [0.3, 0.4) is 0 Å². The van der Waals surface area contributed by atoms with E-state index in [2.05, 4.69) is 10.6 Å². The van der Waals surface area contributed by atoms with Crippen molar-refractivity contribution in [1.82, 2.24) is 5.32 Å². The van der Waals surface area contributed by atoms with Crippen molar-refractivity contribution in [1.29, 1.82) is 0 Å². The lowest BCUT2D eigenvalue weighted by Gasteiger charge is -2.11. The highest BCUT2D eigenvalue weighted by Gasteiger charge is 2.04. The van der Waals surface area contributed by atoms with E-state index in [1.807, 2.05) is 0 Å². The second-order valence-corrected chi connectivity index (χ2v) is 4.40. The van der Waals surface area contributed by atoms with Gasteiger partial charge in [0.25, 0.3) is 0 Å². The van der Waals surface area contributed by atoms with Gasteiger partial charge in [-0.2, -0.15) is 0 Å². The summed E-state index contributed by atoms with van der Waals surface area (Å²) < 4.78 is 0. The molecule has 0 atom stereocenters. The first kappa shape index (κ1) is 14.0. The Bertz CT molecular complexity index is 440. The molecular formula is C10H10Cl2N2O2S. The van der Waals surface area contributed by atoms with Gasteiger partial charge in [0.1, 0.15) is 0 Å². The normalized spacial score (nSPS) is 9.76. The molecule has 1 rings (SSSR count). The van der Waals surface area contributed by atoms with Gasteiger partial charge in [0, 0.05) is 11.6 Å². The number of halogens is 2. The molecule has 0 fully saturated rings. The zero-order valence-electron chi connectivity index (χ0n) is 8.67. The number of carboxylic acids is 1. The molecule has 0 amide bonds. The van der Waals surface area contributed by atoms with E-state index >= 15 is 0 Å². The second kappa shape index (κ2) is 6.64. The zero-order valence-corrected chi connectivity index (χ0v) is 11.0. The topological polar surface area (TPSA) is 61.4 Å². The fraction of sp³-hybridized carbons (Fsp3) is 0.200. The molecule has 0 aliphatic heterocycles. The van der Waals surface area contributed by atoms with Crippen molar-refractivity contribution in [3.05, 3.63) is 28.2 Å². The molecule has 3 N–H and O–H groups in total. The third-order valence-electron chi connectivity index (χ3n) is 1.80. The quantitative estimate of drug-likeness (QED) is 0.745. The molecule has 1 aromatic carbocycles. The third-order valence-corrected chi connectivity index (χ3v) is 2.61. The lowest BCUT2D eigenvalue weighted by molar-refractivity contribution is -0.136. The lowest BCUT2D eigenvalue weighted by Crippen LogP contribution is -2.30. The van der Waals surface area contributed by atoms with Gasteiger partial charge in [-0.3, -0.25) is 4.79 Å². The maximum absolute atomic E-state index is 10.3. The molecule has 0 saturated carbocycles. The molecule has 0 aliphatic carbocycles. The van der Waals surface area contributed by atoms with Crippen LogP contribution in [-0.2, 0) is 4.79 Å². The summed E-state index contributed by atoms with van der Waals surface area (Å²) in [6.45, 7) is 0.249. The summed E-state index contributed by atoms with van der Waals surface area (Å²) in [5.41, 5.74) is 0.576. The number of thiocarbonyl (C=S) groups is 1. The number of anilines is 1. The molecule has 17 heavy (non-hydrogen) atoms. The number of rotatable bonds is 4. The Kier molecular flexibility index (Phi) is 5.47. The largest absolute Gasteiger partial charge is 0.481 e. The highest BCUT2D eigenvalue weighted by Crippen LogP contribution is 2.25. The van der Waals surface area contributed by atoms with Crippen molar-refractivity contribution in [3.8, 4) is 0 Å². The van der Waals surface area contributed by atoms with Crippen molar-refractivity contribution in [2.24, 2.45) is 0 Å². The molecule has 7 heteroatoms. The molecule has 1 aromatic rings. The van der Waals surface area contributed by atoms with Crippen molar-refractivity contribution < 1.29 is 9.90 Å². The average Bonchev–Trinajstić information content (AvgIpc) is 2.23. The highest BCUT2D eigenvalue weighted by atomic mass is 35.5. The standard InChI is InChI=1S/C10H10Cl2N2O2S/c11-6-1-2-7(12)8(5-6)14-10(17)13-4-3-9(15)16/h1-2,5H,3-4H2,(H,15,16)(H2,13,14,17). The molecule has 92 valence electrons. The van der Waals surface area contributed by atoms with Gasteiger partial charge in [0.05, 0.1) is 17.1 Å². The molecule has 0 radical (unpaired) electrons. The summed E-state index contributed by atoms with van der Waals surface area (Å²) >= 11 is 16.7. The lowest BCUT2D eigenvalue weighted by atomic mass is 10.3. The Morgan fingerprint density at radius 3 is 2.76 bits per heavy atom. The number of carboxylic acid groups (broad SMARTS) is 1. The van der Waals surface area contributed by atoms with Gasteiger partial charge in [-0.05, 0) is 30.4 Å². The van der Waals surface area contributed by atoms with Crippen LogP contribution in [0, 0.1) is 0 Å². The van der Waals surface area contributed by atoms with Crippen molar-refractivity contribution in [2.75, 3.05) is 11.9 Å². The van der Waals surface area contributed by atoms with E-state index in [4.69, 9.17) is 40.5 Å². The summed E-state index contributed by atoms with van der Waals surface area (Å²) in [6.07, 6.45) is -0.00883.